The van der Waals surface area contributed by atoms with E-state index in [2.05, 4.69) is 34.4 Å². The van der Waals surface area contributed by atoms with E-state index in [1.54, 1.807) is 11.8 Å². The van der Waals surface area contributed by atoms with Crippen LogP contribution in [0.1, 0.15) is 33.1 Å². The third-order valence-electron chi connectivity index (χ3n) is 2.87. The molecule has 2 N–H and O–H groups in total. The zero-order chi connectivity index (χ0) is 12.3. The topological polar surface area (TPSA) is 49.8 Å². The van der Waals surface area contributed by atoms with Crippen LogP contribution < -0.4 is 10.6 Å². The quantitative estimate of drug-likeness (QED) is 0.602. The van der Waals surface area contributed by atoms with Gasteiger partial charge < -0.3 is 10.6 Å². The van der Waals surface area contributed by atoms with Crippen molar-refractivity contribution in [2.24, 2.45) is 0 Å². The van der Waals surface area contributed by atoms with E-state index in [0.717, 1.165) is 29.8 Å². The predicted octanol–water partition coefficient (Wildman–Crippen LogP) is 2.98. The fraction of sp³-hybridized carbons (Fsp3) is 0.667. The van der Waals surface area contributed by atoms with Crippen LogP contribution in [0.2, 0.25) is 0 Å². The van der Waals surface area contributed by atoms with Crippen molar-refractivity contribution < 1.29 is 0 Å². The smallest absolute Gasteiger partial charge is 0.191 e. The summed E-state index contributed by atoms with van der Waals surface area (Å²) in [6, 6.07) is 2.00. The van der Waals surface area contributed by atoms with Gasteiger partial charge in [-0.1, -0.05) is 18.7 Å². The Morgan fingerprint density at radius 1 is 1.35 bits per heavy atom. The highest BCUT2D eigenvalue weighted by molar-refractivity contribution is 7.98. The van der Waals surface area contributed by atoms with Crippen LogP contribution in [-0.2, 0) is 0 Å². The number of rotatable bonds is 6. The first-order valence-electron chi connectivity index (χ1n) is 6.10. The van der Waals surface area contributed by atoms with E-state index in [1.807, 2.05) is 12.3 Å². The summed E-state index contributed by atoms with van der Waals surface area (Å²) in [5.41, 5.74) is 0.256. The average Bonchev–Trinajstić information content (AvgIpc) is 3.03. The van der Waals surface area contributed by atoms with Crippen LogP contribution in [0.5, 0.6) is 0 Å². The molecule has 1 heterocycles. The van der Waals surface area contributed by atoms with Gasteiger partial charge in [0.2, 0.25) is 0 Å². The maximum atomic E-state index is 4.49. The molecule has 5 heteroatoms. The van der Waals surface area contributed by atoms with Gasteiger partial charge in [0, 0.05) is 18.2 Å². The first-order chi connectivity index (χ1) is 8.15. The standard InChI is InChI=1S/C12H20N4S/c1-4-7-13-9-8-10(15-11(14-9)17-3)16-12(2)5-6-12/h8H,4-7H2,1-3H3,(H2,13,14,15,16). The summed E-state index contributed by atoms with van der Waals surface area (Å²) >= 11 is 1.57. The Labute approximate surface area is 107 Å². The summed E-state index contributed by atoms with van der Waals surface area (Å²) in [4.78, 5) is 8.93. The molecule has 0 radical (unpaired) electrons. The summed E-state index contributed by atoms with van der Waals surface area (Å²) in [5, 5.41) is 7.61. The van der Waals surface area contributed by atoms with E-state index >= 15 is 0 Å². The second-order valence-electron chi connectivity index (χ2n) is 4.74. The highest BCUT2D eigenvalue weighted by Gasteiger charge is 2.37. The summed E-state index contributed by atoms with van der Waals surface area (Å²) in [7, 11) is 0. The van der Waals surface area contributed by atoms with Crippen LogP contribution in [0, 0.1) is 0 Å². The van der Waals surface area contributed by atoms with E-state index in [4.69, 9.17) is 0 Å². The maximum Gasteiger partial charge on any atom is 0.191 e. The Morgan fingerprint density at radius 3 is 2.65 bits per heavy atom. The zero-order valence-electron chi connectivity index (χ0n) is 10.7. The van der Waals surface area contributed by atoms with Crippen LogP contribution in [0.25, 0.3) is 0 Å². The average molecular weight is 252 g/mol. The minimum Gasteiger partial charge on any atom is -0.370 e. The Balaban J connectivity index is 2.12. The van der Waals surface area contributed by atoms with Crippen molar-refractivity contribution in [3.63, 3.8) is 0 Å². The Morgan fingerprint density at radius 2 is 2.06 bits per heavy atom. The predicted molar refractivity (Wildman–Crippen MR) is 73.9 cm³/mol. The van der Waals surface area contributed by atoms with E-state index < -0.39 is 0 Å². The Hall–Kier alpha value is -0.970. The first-order valence-corrected chi connectivity index (χ1v) is 7.33. The number of nitrogens with one attached hydrogen (secondary N) is 2. The van der Waals surface area contributed by atoms with Crippen molar-refractivity contribution in [3.8, 4) is 0 Å². The lowest BCUT2D eigenvalue weighted by Gasteiger charge is -2.14. The molecule has 94 valence electrons. The van der Waals surface area contributed by atoms with Crippen molar-refractivity contribution in [3.05, 3.63) is 6.07 Å². The van der Waals surface area contributed by atoms with Crippen LogP contribution in [-0.4, -0.2) is 28.3 Å². The highest BCUT2D eigenvalue weighted by atomic mass is 32.2. The van der Waals surface area contributed by atoms with Crippen LogP contribution in [0.15, 0.2) is 11.2 Å². The van der Waals surface area contributed by atoms with E-state index in [9.17, 15) is 0 Å². The molecule has 1 aliphatic rings. The van der Waals surface area contributed by atoms with Gasteiger partial charge in [0.1, 0.15) is 11.6 Å². The molecule has 17 heavy (non-hydrogen) atoms. The molecular weight excluding hydrogens is 232 g/mol. The van der Waals surface area contributed by atoms with Gasteiger partial charge in [0.05, 0.1) is 0 Å². The molecule has 4 nitrogen and oxygen atoms in total. The van der Waals surface area contributed by atoms with Gasteiger partial charge in [0.25, 0.3) is 0 Å². The maximum absolute atomic E-state index is 4.49. The molecule has 0 aromatic carbocycles. The van der Waals surface area contributed by atoms with E-state index in [-0.39, 0.29) is 5.54 Å². The lowest BCUT2D eigenvalue weighted by molar-refractivity contribution is 0.809. The third kappa shape index (κ3) is 3.49. The molecule has 0 aliphatic heterocycles. The number of hydrogen-bond donors (Lipinski definition) is 2. The third-order valence-corrected chi connectivity index (χ3v) is 3.42. The molecule has 0 unspecified atom stereocenters. The lowest BCUT2D eigenvalue weighted by Crippen LogP contribution is -2.17. The highest BCUT2D eigenvalue weighted by Crippen LogP contribution is 2.38. The molecule has 1 aliphatic carbocycles. The summed E-state index contributed by atoms with van der Waals surface area (Å²) in [6.45, 7) is 5.32. The van der Waals surface area contributed by atoms with Crippen molar-refractivity contribution in [2.45, 2.75) is 43.8 Å². The number of aromatic nitrogens is 2. The zero-order valence-corrected chi connectivity index (χ0v) is 11.5. The van der Waals surface area contributed by atoms with Crippen LogP contribution in [0.4, 0.5) is 11.6 Å². The summed E-state index contributed by atoms with van der Waals surface area (Å²) in [5.74, 6) is 1.85. The fourth-order valence-electron chi connectivity index (χ4n) is 1.55. The van der Waals surface area contributed by atoms with Crippen molar-refractivity contribution in [1.82, 2.24) is 9.97 Å². The molecule has 1 saturated carbocycles. The number of anilines is 2. The van der Waals surface area contributed by atoms with Crippen LogP contribution >= 0.6 is 11.8 Å². The summed E-state index contributed by atoms with van der Waals surface area (Å²) < 4.78 is 0. The molecule has 1 aromatic heterocycles. The van der Waals surface area contributed by atoms with Gasteiger partial charge in [0.15, 0.2) is 5.16 Å². The minimum atomic E-state index is 0.256. The number of thioether (sulfide) groups is 1. The fourth-order valence-corrected chi connectivity index (χ4v) is 1.93. The monoisotopic (exact) mass is 252 g/mol. The molecule has 0 atom stereocenters. The van der Waals surface area contributed by atoms with Gasteiger partial charge in [-0.15, -0.1) is 0 Å². The van der Waals surface area contributed by atoms with Crippen molar-refractivity contribution in [1.29, 1.82) is 0 Å². The number of hydrogen-bond acceptors (Lipinski definition) is 5. The van der Waals surface area contributed by atoms with E-state index in [1.165, 1.54) is 12.8 Å². The largest absolute Gasteiger partial charge is 0.370 e. The molecule has 0 spiro atoms. The first kappa shape index (κ1) is 12.5. The van der Waals surface area contributed by atoms with Gasteiger partial charge >= 0.3 is 0 Å². The SMILES string of the molecule is CCCNc1cc(NC2(C)CC2)nc(SC)n1. The Kier molecular flexibility index (Phi) is 3.76. The molecular formula is C12H20N4S. The van der Waals surface area contributed by atoms with Crippen molar-refractivity contribution in [2.75, 3.05) is 23.4 Å². The van der Waals surface area contributed by atoms with Gasteiger partial charge in [-0.05, 0) is 32.4 Å². The van der Waals surface area contributed by atoms with Gasteiger partial charge in [-0.3, -0.25) is 0 Å². The second-order valence-corrected chi connectivity index (χ2v) is 5.51. The molecule has 0 amide bonds. The molecule has 2 rings (SSSR count). The normalized spacial score (nSPS) is 16.6. The van der Waals surface area contributed by atoms with E-state index in [0.29, 0.717) is 0 Å². The van der Waals surface area contributed by atoms with Gasteiger partial charge in [-0.25, -0.2) is 9.97 Å². The minimum absolute atomic E-state index is 0.256. The van der Waals surface area contributed by atoms with Crippen molar-refractivity contribution >= 4 is 23.4 Å². The number of nitrogens with zero attached hydrogens (tertiary/aromatic N) is 2. The molecule has 1 aromatic rings. The van der Waals surface area contributed by atoms with Crippen LogP contribution in [0.3, 0.4) is 0 Å². The van der Waals surface area contributed by atoms with Gasteiger partial charge in [-0.2, -0.15) is 0 Å². The molecule has 0 saturated heterocycles. The molecule has 1 fully saturated rings. The second kappa shape index (κ2) is 5.12. The lowest BCUT2D eigenvalue weighted by atomic mass is 10.3. The molecule has 0 bridgehead atoms. The Bertz CT molecular complexity index is 390. The summed E-state index contributed by atoms with van der Waals surface area (Å²) in [6.07, 6.45) is 5.55.